The highest BCUT2D eigenvalue weighted by atomic mass is 16.6. The van der Waals surface area contributed by atoms with Crippen molar-refractivity contribution in [2.75, 3.05) is 33.4 Å². The lowest BCUT2D eigenvalue weighted by Crippen LogP contribution is -2.36. The number of benzene rings is 1. The third kappa shape index (κ3) is 2.98. The van der Waals surface area contributed by atoms with Gasteiger partial charge in [0.25, 0.3) is 5.69 Å². The average molecular weight is 303 g/mol. The number of non-ortho nitro benzene ring substituents is 1. The summed E-state index contributed by atoms with van der Waals surface area (Å²) in [5, 5.41) is 12.0. The van der Waals surface area contributed by atoms with Crippen LogP contribution in [0, 0.1) is 10.1 Å². The van der Waals surface area contributed by atoms with E-state index >= 15 is 0 Å². The van der Waals surface area contributed by atoms with Crippen LogP contribution in [0.2, 0.25) is 0 Å². The Labute approximate surface area is 129 Å². The van der Waals surface area contributed by atoms with E-state index in [0.29, 0.717) is 6.04 Å². The van der Waals surface area contributed by atoms with Gasteiger partial charge < -0.3 is 14.2 Å². The highest BCUT2D eigenvalue weighted by Crippen LogP contribution is 2.29. The first-order valence-electron chi connectivity index (χ1n) is 7.65. The van der Waals surface area contributed by atoms with Crippen LogP contribution >= 0.6 is 0 Å². The standard InChI is InChI=1S/C16H21N3O3/c1-22-11-10-17-7-5-14(6-8-17)18-9-4-13-2-3-15(19(20)21)12-16(13)18/h2-4,9,12,14H,5-8,10-11H2,1H3. The fraction of sp³-hybridized carbons (Fsp3) is 0.500. The molecule has 0 bridgehead atoms. The molecule has 0 saturated carbocycles. The lowest BCUT2D eigenvalue weighted by atomic mass is 10.0. The van der Waals surface area contributed by atoms with E-state index in [4.69, 9.17) is 4.74 Å². The Bertz CT molecular complexity index is 660. The molecule has 0 aliphatic carbocycles. The molecule has 1 aliphatic rings. The van der Waals surface area contributed by atoms with Crippen molar-refractivity contribution in [3.63, 3.8) is 0 Å². The van der Waals surface area contributed by atoms with Crippen molar-refractivity contribution in [3.8, 4) is 0 Å². The summed E-state index contributed by atoms with van der Waals surface area (Å²) in [5.74, 6) is 0. The second kappa shape index (κ2) is 6.46. The van der Waals surface area contributed by atoms with Crippen LogP contribution in [0.25, 0.3) is 10.9 Å². The van der Waals surface area contributed by atoms with Gasteiger partial charge >= 0.3 is 0 Å². The summed E-state index contributed by atoms with van der Waals surface area (Å²) >= 11 is 0. The molecule has 6 heteroatoms. The summed E-state index contributed by atoms with van der Waals surface area (Å²) in [5.41, 5.74) is 1.12. The smallest absolute Gasteiger partial charge is 0.271 e. The Morgan fingerprint density at radius 2 is 2.09 bits per heavy atom. The molecule has 2 aromatic rings. The van der Waals surface area contributed by atoms with Crippen LogP contribution in [0.4, 0.5) is 5.69 Å². The van der Waals surface area contributed by atoms with Crippen molar-refractivity contribution in [2.24, 2.45) is 0 Å². The van der Waals surface area contributed by atoms with Gasteiger partial charge in [0.15, 0.2) is 0 Å². The zero-order valence-electron chi connectivity index (χ0n) is 12.8. The van der Waals surface area contributed by atoms with Gasteiger partial charge in [-0.1, -0.05) is 0 Å². The van der Waals surface area contributed by atoms with Crippen molar-refractivity contribution in [3.05, 3.63) is 40.6 Å². The third-order valence-corrected chi connectivity index (χ3v) is 4.48. The second-order valence-corrected chi connectivity index (χ2v) is 5.79. The number of nitro benzene ring substituents is 1. The minimum Gasteiger partial charge on any atom is -0.383 e. The molecule has 1 aromatic carbocycles. The normalized spacial score (nSPS) is 17.1. The molecule has 22 heavy (non-hydrogen) atoms. The molecule has 3 rings (SSSR count). The third-order valence-electron chi connectivity index (χ3n) is 4.48. The minimum atomic E-state index is -0.329. The summed E-state index contributed by atoms with van der Waals surface area (Å²) in [4.78, 5) is 13.1. The Morgan fingerprint density at radius 3 is 2.77 bits per heavy atom. The van der Waals surface area contributed by atoms with Crippen LogP contribution in [-0.4, -0.2) is 47.7 Å². The van der Waals surface area contributed by atoms with Crippen LogP contribution in [0.1, 0.15) is 18.9 Å². The Balaban J connectivity index is 1.76. The number of nitrogens with zero attached hydrogens (tertiary/aromatic N) is 3. The van der Waals surface area contributed by atoms with Gasteiger partial charge in [0.2, 0.25) is 0 Å². The number of nitro groups is 1. The predicted molar refractivity (Wildman–Crippen MR) is 85.2 cm³/mol. The molecule has 0 unspecified atom stereocenters. The first kappa shape index (κ1) is 15.0. The molecule has 0 amide bonds. The van der Waals surface area contributed by atoms with Crippen LogP contribution in [0.3, 0.4) is 0 Å². The van der Waals surface area contributed by atoms with Gasteiger partial charge in [-0.2, -0.15) is 0 Å². The zero-order valence-corrected chi connectivity index (χ0v) is 12.8. The highest BCUT2D eigenvalue weighted by molar-refractivity contribution is 5.82. The number of hydrogen-bond acceptors (Lipinski definition) is 4. The van der Waals surface area contributed by atoms with Gasteiger partial charge in [0.1, 0.15) is 0 Å². The van der Waals surface area contributed by atoms with E-state index in [9.17, 15) is 10.1 Å². The largest absolute Gasteiger partial charge is 0.383 e. The summed E-state index contributed by atoms with van der Waals surface area (Å²) in [7, 11) is 1.73. The van der Waals surface area contributed by atoms with Crippen molar-refractivity contribution >= 4 is 16.6 Å². The molecule has 1 fully saturated rings. The molecule has 1 saturated heterocycles. The highest BCUT2D eigenvalue weighted by Gasteiger charge is 2.21. The molecule has 1 aromatic heterocycles. The molecule has 0 radical (unpaired) electrons. The topological polar surface area (TPSA) is 60.5 Å². The lowest BCUT2D eigenvalue weighted by molar-refractivity contribution is -0.384. The van der Waals surface area contributed by atoms with E-state index < -0.39 is 0 Å². The molecule has 0 spiro atoms. The maximum Gasteiger partial charge on any atom is 0.271 e. The van der Waals surface area contributed by atoms with Crippen molar-refractivity contribution < 1.29 is 9.66 Å². The fourth-order valence-corrected chi connectivity index (χ4v) is 3.21. The zero-order chi connectivity index (χ0) is 15.5. The van der Waals surface area contributed by atoms with Gasteiger partial charge in [0, 0.05) is 56.5 Å². The second-order valence-electron chi connectivity index (χ2n) is 5.79. The van der Waals surface area contributed by atoms with Gasteiger partial charge in [-0.25, -0.2) is 0 Å². The van der Waals surface area contributed by atoms with E-state index in [1.807, 2.05) is 12.1 Å². The number of hydrogen-bond donors (Lipinski definition) is 0. The van der Waals surface area contributed by atoms with Crippen molar-refractivity contribution in [2.45, 2.75) is 18.9 Å². The number of aromatic nitrogens is 1. The molecular formula is C16H21N3O3. The van der Waals surface area contributed by atoms with E-state index in [0.717, 1.165) is 50.0 Å². The summed E-state index contributed by atoms with van der Waals surface area (Å²) in [6, 6.07) is 7.54. The Morgan fingerprint density at radius 1 is 1.32 bits per heavy atom. The van der Waals surface area contributed by atoms with Gasteiger partial charge in [-0.15, -0.1) is 0 Å². The van der Waals surface area contributed by atoms with E-state index in [2.05, 4.69) is 15.7 Å². The summed E-state index contributed by atoms with van der Waals surface area (Å²) in [6.07, 6.45) is 4.19. The van der Waals surface area contributed by atoms with Crippen molar-refractivity contribution in [1.29, 1.82) is 0 Å². The van der Waals surface area contributed by atoms with Crippen LogP contribution in [0.5, 0.6) is 0 Å². The first-order chi connectivity index (χ1) is 10.7. The quantitative estimate of drug-likeness (QED) is 0.629. The summed E-state index contributed by atoms with van der Waals surface area (Å²) in [6.45, 7) is 3.83. The SMILES string of the molecule is COCCN1CCC(n2ccc3ccc([N+](=O)[O-])cc32)CC1. The van der Waals surface area contributed by atoms with Crippen LogP contribution in [0.15, 0.2) is 30.5 Å². The number of methoxy groups -OCH3 is 1. The monoisotopic (exact) mass is 303 g/mol. The number of likely N-dealkylation sites (tertiary alicyclic amines) is 1. The average Bonchev–Trinajstić information content (AvgIpc) is 2.96. The molecule has 118 valence electrons. The van der Waals surface area contributed by atoms with E-state index in [-0.39, 0.29) is 10.6 Å². The fourth-order valence-electron chi connectivity index (χ4n) is 3.21. The van der Waals surface area contributed by atoms with E-state index in [1.54, 1.807) is 19.2 Å². The maximum atomic E-state index is 11.0. The van der Waals surface area contributed by atoms with E-state index in [1.165, 1.54) is 0 Å². The minimum absolute atomic E-state index is 0.157. The Kier molecular flexibility index (Phi) is 4.40. The van der Waals surface area contributed by atoms with Gasteiger partial charge in [-0.05, 0) is 25.0 Å². The van der Waals surface area contributed by atoms with Gasteiger partial charge in [-0.3, -0.25) is 10.1 Å². The molecule has 1 aliphatic heterocycles. The maximum absolute atomic E-state index is 11.0. The van der Waals surface area contributed by atoms with Crippen molar-refractivity contribution in [1.82, 2.24) is 9.47 Å². The number of ether oxygens (including phenoxy) is 1. The molecular weight excluding hydrogens is 282 g/mol. The molecule has 0 atom stereocenters. The molecule has 6 nitrogen and oxygen atoms in total. The first-order valence-corrected chi connectivity index (χ1v) is 7.65. The molecule has 0 N–H and O–H groups in total. The lowest BCUT2D eigenvalue weighted by Gasteiger charge is -2.32. The van der Waals surface area contributed by atoms with Crippen LogP contribution in [-0.2, 0) is 4.74 Å². The number of piperidine rings is 1. The predicted octanol–water partition coefficient (Wildman–Crippen LogP) is 2.83. The number of rotatable bonds is 5. The number of fused-ring (bicyclic) bond motifs is 1. The molecule has 2 heterocycles. The Hall–Kier alpha value is -1.92. The summed E-state index contributed by atoms with van der Waals surface area (Å²) < 4.78 is 7.33. The van der Waals surface area contributed by atoms with Gasteiger partial charge in [0.05, 0.1) is 17.0 Å². The van der Waals surface area contributed by atoms with Crippen LogP contribution < -0.4 is 0 Å².